The lowest BCUT2D eigenvalue weighted by molar-refractivity contribution is -0.132. The molecule has 1 atom stereocenters. The molecular formula is C19H22N4O2. The van der Waals surface area contributed by atoms with Gasteiger partial charge >= 0.3 is 0 Å². The Morgan fingerprint density at radius 2 is 2.20 bits per heavy atom. The van der Waals surface area contributed by atoms with Gasteiger partial charge in [0.2, 0.25) is 11.8 Å². The van der Waals surface area contributed by atoms with Crippen LogP contribution in [-0.4, -0.2) is 32.1 Å². The van der Waals surface area contributed by atoms with E-state index in [2.05, 4.69) is 32.9 Å². The van der Waals surface area contributed by atoms with Crippen LogP contribution in [0, 0.1) is 6.92 Å². The summed E-state index contributed by atoms with van der Waals surface area (Å²) in [5.74, 6) is 1.37. The van der Waals surface area contributed by atoms with E-state index in [1.807, 2.05) is 30.9 Å². The molecule has 0 spiro atoms. The third-order valence-corrected chi connectivity index (χ3v) is 4.97. The van der Waals surface area contributed by atoms with Crippen molar-refractivity contribution in [2.45, 2.75) is 45.7 Å². The third-order valence-electron chi connectivity index (χ3n) is 4.97. The van der Waals surface area contributed by atoms with Gasteiger partial charge in [0.1, 0.15) is 6.54 Å². The van der Waals surface area contributed by atoms with Gasteiger partial charge in [0.15, 0.2) is 5.82 Å². The maximum atomic E-state index is 13.0. The van der Waals surface area contributed by atoms with Crippen molar-refractivity contribution in [1.82, 2.24) is 19.6 Å². The molecule has 1 fully saturated rings. The molecule has 0 N–H and O–H groups in total. The third kappa shape index (κ3) is 2.81. The highest BCUT2D eigenvalue weighted by Crippen LogP contribution is 2.31. The summed E-state index contributed by atoms with van der Waals surface area (Å²) in [6.45, 7) is 5.11. The summed E-state index contributed by atoms with van der Waals surface area (Å²) in [4.78, 5) is 19.3. The average Bonchev–Trinajstić information content (AvgIpc) is 3.33. The van der Waals surface area contributed by atoms with Gasteiger partial charge in [-0.3, -0.25) is 4.79 Å². The average molecular weight is 338 g/mol. The van der Waals surface area contributed by atoms with Crippen molar-refractivity contribution in [3.8, 4) is 0 Å². The first kappa shape index (κ1) is 15.9. The Kier molecular flexibility index (Phi) is 4.03. The second-order valence-electron chi connectivity index (χ2n) is 6.58. The first-order valence-corrected chi connectivity index (χ1v) is 8.84. The first-order chi connectivity index (χ1) is 12.2. The number of hydrogen-bond acceptors (Lipinski definition) is 4. The molecule has 1 amide bonds. The van der Waals surface area contributed by atoms with Crippen LogP contribution in [0.4, 0.5) is 0 Å². The maximum Gasteiger partial charge on any atom is 0.243 e. The molecular weight excluding hydrogens is 316 g/mol. The van der Waals surface area contributed by atoms with Crippen molar-refractivity contribution >= 4 is 16.8 Å². The Balaban J connectivity index is 1.58. The molecule has 1 saturated heterocycles. The van der Waals surface area contributed by atoms with Crippen LogP contribution < -0.4 is 0 Å². The number of aromatic nitrogens is 3. The molecule has 3 heterocycles. The molecule has 1 aliphatic heterocycles. The fraction of sp³-hybridized carbons (Fsp3) is 0.421. The largest absolute Gasteiger partial charge is 0.339 e. The number of rotatable bonds is 4. The molecule has 2 aromatic heterocycles. The number of carbonyl (C=O) groups is 1. The fourth-order valence-corrected chi connectivity index (χ4v) is 3.66. The summed E-state index contributed by atoms with van der Waals surface area (Å²) in [5.41, 5.74) is 2.19. The summed E-state index contributed by atoms with van der Waals surface area (Å²) in [7, 11) is 0. The van der Waals surface area contributed by atoms with E-state index in [0.717, 1.165) is 36.0 Å². The van der Waals surface area contributed by atoms with Crippen LogP contribution in [0.2, 0.25) is 0 Å². The molecule has 1 aliphatic rings. The second kappa shape index (κ2) is 6.35. The number of amides is 1. The molecule has 25 heavy (non-hydrogen) atoms. The van der Waals surface area contributed by atoms with Crippen LogP contribution >= 0.6 is 0 Å². The molecule has 3 aromatic rings. The Morgan fingerprint density at radius 3 is 3.00 bits per heavy atom. The van der Waals surface area contributed by atoms with Crippen LogP contribution in [0.25, 0.3) is 10.9 Å². The maximum absolute atomic E-state index is 13.0. The van der Waals surface area contributed by atoms with Crippen molar-refractivity contribution in [3.63, 3.8) is 0 Å². The lowest BCUT2D eigenvalue weighted by atomic mass is 10.2. The summed E-state index contributed by atoms with van der Waals surface area (Å²) < 4.78 is 7.32. The number of hydrogen-bond donors (Lipinski definition) is 0. The van der Waals surface area contributed by atoms with Crippen LogP contribution in [-0.2, 0) is 17.8 Å². The van der Waals surface area contributed by atoms with Gasteiger partial charge in [-0.2, -0.15) is 4.98 Å². The van der Waals surface area contributed by atoms with E-state index in [1.165, 1.54) is 0 Å². The van der Waals surface area contributed by atoms with Gasteiger partial charge in [-0.05, 0) is 37.3 Å². The quantitative estimate of drug-likeness (QED) is 0.732. The fourth-order valence-electron chi connectivity index (χ4n) is 3.66. The van der Waals surface area contributed by atoms with Gasteiger partial charge in [-0.1, -0.05) is 30.3 Å². The minimum Gasteiger partial charge on any atom is -0.339 e. The van der Waals surface area contributed by atoms with Crippen molar-refractivity contribution in [1.29, 1.82) is 0 Å². The SMILES string of the molecule is CCc1nc([C@H]2CCCN2C(=O)Cn2c(C)cc3ccccc32)no1. The van der Waals surface area contributed by atoms with Crippen molar-refractivity contribution in [2.24, 2.45) is 0 Å². The summed E-state index contributed by atoms with van der Waals surface area (Å²) in [6, 6.07) is 10.2. The topological polar surface area (TPSA) is 64.2 Å². The first-order valence-electron chi connectivity index (χ1n) is 8.84. The zero-order valence-electron chi connectivity index (χ0n) is 14.6. The number of nitrogens with zero attached hydrogens (tertiary/aromatic N) is 4. The number of fused-ring (bicyclic) bond motifs is 1. The molecule has 0 aliphatic carbocycles. The molecule has 4 rings (SSSR count). The van der Waals surface area contributed by atoms with E-state index in [-0.39, 0.29) is 11.9 Å². The van der Waals surface area contributed by atoms with Gasteiger partial charge in [-0.15, -0.1) is 0 Å². The molecule has 0 saturated carbocycles. The van der Waals surface area contributed by atoms with Crippen molar-refractivity contribution in [3.05, 3.63) is 47.7 Å². The number of benzene rings is 1. The zero-order chi connectivity index (χ0) is 17.4. The highest BCUT2D eigenvalue weighted by molar-refractivity contribution is 5.84. The van der Waals surface area contributed by atoms with Crippen molar-refractivity contribution in [2.75, 3.05) is 6.54 Å². The Bertz CT molecular complexity index is 911. The number of carbonyl (C=O) groups excluding carboxylic acids is 1. The zero-order valence-corrected chi connectivity index (χ0v) is 14.6. The lowest BCUT2D eigenvalue weighted by Gasteiger charge is -2.23. The van der Waals surface area contributed by atoms with Crippen LogP contribution in [0.5, 0.6) is 0 Å². The van der Waals surface area contributed by atoms with Crippen LogP contribution in [0.3, 0.4) is 0 Å². The summed E-state index contributed by atoms with van der Waals surface area (Å²) in [5, 5.41) is 5.24. The summed E-state index contributed by atoms with van der Waals surface area (Å²) >= 11 is 0. The second-order valence-corrected chi connectivity index (χ2v) is 6.58. The van der Waals surface area contributed by atoms with Gasteiger partial charge < -0.3 is 14.0 Å². The Labute approximate surface area is 146 Å². The summed E-state index contributed by atoms with van der Waals surface area (Å²) in [6.07, 6.45) is 2.57. The van der Waals surface area contributed by atoms with Crippen LogP contribution in [0.1, 0.15) is 43.2 Å². The molecule has 6 heteroatoms. The smallest absolute Gasteiger partial charge is 0.243 e. The Hall–Kier alpha value is -2.63. The van der Waals surface area contributed by atoms with Gasteiger partial charge in [0, 0.05) is 24.2 Å². The molecule has 0 radical (unpaired) electrons. The van der Waals surface area contributed by atoms with Gasteiger partial charge in [-0.25, -0.2) is 0 Å². The normalized spacial score (nSPS) is 17.5. The number of para-hydroxylation sites is 1. The van der Waals surface area contributed by atoms with Crippen LogP contribution in [0.15, 0.2) is 34.9 Å². The molecule has 1 aromatic carbocycles. The van der Waals surface area contributed by atoms with Gasteiger partial charge in [0.25, 0.3) is 0 Å². The van der Waals surface area contributed by atoms with E-state index in [1.54, 1.807) is 0 Å². The molecule has 0 unspecified atom stereocenters. The predicted molar refractivity (Wildman–Crippen MR) is 94.0 cm³/mol. The highest BCUT2D eigenvalue weighted by Gasteiger charge is 2.33. The molecule has 6 nitrogen and oxygen atoms in total. The highest BCUT2D eigenvalue weighted by atomic mass is 16.5. The van der Waals surface area contributed by atoms with E-state index in [4.69, 9.17) is 4.52 Å². The predicted octanol–water partition coefficient (Wildman–Crippen LogP) is 3.26. The lowest BCUT2D eigenvalue weighted by Crippen LogP contribution is -2.34. The minimum atomic E-state index is -0.0707. The van der Waals surface area contributed by atoms with Gasteiger partial charge in [0.05, 0.1) is 6.04 Å². The molecule has 0 bridgehead atoms. The van der Waals surface area contributed by atoms with E-state index < -0.39 is 0 Å². The molecule has 130 valence electrons. The standard InChI is InChI=1S/C19H22N4O2/c1-3-17-20-19(21-25-17)16-9-6-10-22(16)18(24)12-23-13(2)11-14-7-4-5-8-15(14)23/h4-5,7-8,11,16H,3,6,9-10,12H2,1-2H3/t16-/m1/s1. The minimum absolute atomic E-state index is 0.0707. The number of aryl methyl sites for hydroxylation is 2. The van der Waals surface area contributed by atoms with E-state index in [0.29, 0.717) is 24.7 Å². The van der Waals surface area contributed by atoms with Crippen molar-refractivity contribution < 1.29 is 9.32 Å². The van der Waals surface area contributed by atoms with E-state index >= 15 is 0 Å². The monoisotopic (exact) mass is 338 g/mol. The van der Waals surface area contributed by atoms with E-state index in [9.17, 15) is 4.79 Å². The Morgan fingerprint density at radius 1 is 1.36 bits per heavy atom. The number of likely N-dealkylation sites (tertiary alicyclic amines) is 1.